The van der Waals surface area contributed by atoms with Gasteiger partial charge in [0, 0.05) is 5.75 Å². The third-order valence-electron chi connectivity index (χ3n) is 4.32. The van der Waals surface area contributed by atoms with E-state index in [9.17, 15) is 5.26 Å². The van der Waals surface area contributed by atoms with Crippen molar-refractivity contribution in [2.75, 3.05) is 0 Å². The van der Waals surface area contributed by atoms with Gasteiger partial charge in [0.1, 0.15) is 6.07 Å². The molecule has 122 valence electrons. The van der Waals surface area contributed by atoms with Crippen LogP contribution in [-0.2, 0) is 5.75 Å². The third kappa shape index (κ3) is 2.77. The number of pyridine rings is 1. The first-order valence-corrected chi connectivity index (χ1v) is 9.15. The molecular weight excluding hydrogens is 326 g/mol. The SMILES string of the molecule is Cc1cccc(CSc2cc(C)c(C#N)c3nc4ccccc4n23)c1. The maximum Gasteiger partial charge on any atom is 0.157 e. The second-order valence-corrected chi connectivity index (χ2v) is 7.19. The minimum Gasteiger partial charge on any atom is -0.286 e. The number of nitriles is 1. The predicted octanol–water partition coefficient (Wildman–Crippen LogP) is 5.27. The monoisotopic (exact) mass is 343 g/mol. The number of imidazole rings is 1. The summed E-state index contributed by atoms with van der Waals surface area (Å²) in [6.07, 6.45) is 0. The average Bonchev–Trinajstić information content (AvgIpc) is 2.99. The number of aryl methyl sites for hydroxylation is 2. The largest absolute Gasteiger partial charge is 0.286 e. The molecule has 4 aromatic rings. The molecule has 2 aromatic carbocycles. The van der Waals surface area contributed by atoms with Crippen LogP contribution in [0.15, 0.2) is 59.6 Å². The first kappa shape index (κ1) is 15.7. The Morgan fingerprint density at radius 1 is 1.08 bits per heavy atom. The molecule has 0 aliphatic rings. The number of para-hydroxylation sites is 2. The van der Waals surface area contributed by atoms with E-state index in [1.165, 1.54) is 11.1 Å². The topological polar surface area (TPSA) is 41.1 Å². The highest BCUT2D eigenvalue weighted by molar-refractivity contribution is 7.98. The minimum absolute atomic E-state index is 0.649. The molecule has 0 aliphatic heterocycles. The second kappa shape index (κ2) is 6.27. The molecule has 2 heterocycles. The molecule has 0 spiro atoms. The van der Waals surface area contributed by atoms with E-state index in [2.05, 4.69) is 53.8 Å². The molecule has 0 saturated heterocycles. The molecule has 0 amide bonds. The molecule has 2 aromatic heterocycles. The molecule has 0 atom stereocenters. The summed E-state index contributed by atoms with van der Waals surface area (Å²) in [5, 5.41) is 10.7. The lowest BCUT2D eigenvalue weighted by atomic mass is 10.2. The summed E-state index contributed by atoms with van der Waals surface area (Å²) in [6, 6.07) is 21.0. The summed E-state index contributed by atoms with van der Waals surface area (Å²) in [4.78, 5) is 4.70. The Morgan fingerprint density at radius 2 is 1.92 bits per heavy atom. The van der Waals surface area contributed by atoms with E-state index in [-0.39, 0.29) is 0 Å². The number of fused-ring (bicyclic) bond motifs is 3. The molecule has 4 rings (SSSR count). The highest BCUT2D eigenvalue weighted by Gasteiger charge is 2.15. The highest BCUT2D eigenvalue weighted by Crippen LogP contribution is 2.31. The van der Waals surface area contributed by atoms with Crippen LogP contribution >= 0.6 is 11.8 Å². The molecule has 0 fully saturated rings. The number of hydrogen-bond acceptors (Lipinski definition) is 3. The molecule has 0 saturated carbocycles. The minimum atomic E-state index is 0.649. The average molecular weight is 343 g/mol. The first-order chi connectivity index (χ1) is 12.2. The van der Waals surface area contributed by atoms with Crippen molar-refractivity contribution in [3.05, 3.63) is 76.9 Å². The number of aromatic nitrogens is 2. The molecule has 3 nitrogen and oxygen atoms in total. The second-order valence-electron chi connectivity index (χ2n) is 6.19. The Labute approximate surface area is 150 Å². The van der Waals surface area contributed by atoms with E-state index in [0.29, 0.717) is 5.56 Å². The van der Waals surface area contributed by atoms with Crippen LogP contribution < -0.4 is 0 Å². The lowest BCUT2D eigenvalue weighted by Gasteiger charge is -2.10. The zero-order valence-corrected chi connectivity index (χ0v) is 15.0. The lowest BCUT2D eigenvalue weighted by Crippen LogP contribution is -1.97. The Balaban J connectivity index is 1.87. The van der Waals surface area contributed by atoms with Crippen LogP contribution in [-0.4, -0.2) is 9.38 Å². The zero-order chi connectivity index (χ0) is 17.4. The zero-order valence-electron chi connectivity index (χ0n) is 14.2. The van der Waals surface area contributed by atoms with Gasteiger partial charge in [0.05, 0.1) is 21.6 Å². The van der Waals surface area contributed by atoms with Gasteiger partial charge in [0.25, 0.3) is 0 Å². The fourth-order valence-corrected chi connectivity index (χ4v) is 4.19. The standard InChI is InChI=1S/C21H17N3S/c1-14-6-5-7-16(10-14)13-25-20-11-15(2)17(12-22)21-23-18-8-3-4-9-19(18)24(20)21/h3-11H,13H2,1-2H3. The van der Waals surface area contributed by atoms with Crippen molar-refractivity contribution < 1.29 is 0 Å². The molecule has 0 radical (unpaired) electrons. The van der Waals surface area contributed by atoms with Crippen molar-refractivity contribution >= 4 is 28.4 Å². The van der Waals surface area contributed by atoms with Crippen LogP contribution in [0.5, 0.6) is 0 Å². The van der Waals surface area contributed by atoms with Gasteiger partial charge in [-0.2, -0.15) is 5.26 Å². The van der Waals surface area contributed by atoms with Gasteiger partial charge in [-0.05, 0) is 43.2 Å². The first-order valence-electron chi connectivity index (χ1n) is 8.16. The van der Waals surface area contributed by atoms with Gasteiger partial charge in [-0.1, -0.05) is 42.0 Å². The van der Waals surface area contributed by atoms with E-state index in [0.717, 1.165) is 33.0 Å². The van der Waals surface area contributed by atoms with Gasteiger partial charge >= 0.3 is 0 Å². The van der Waals surface area contributed by atoms with Crippen molar-refractivity contribution in [2.45, 2.75) is 24.6 Å². The molecule has 25 heavy (non-hydrogen) atoms. The third-order valence-corrected chi connectivity index (χ3v) is 5.39. The Morgan fingerprint density at radius 3 is 2.72 bits per heavy atom. The Hall–Kier alpha value is -2.77. The summed E-state index contributed by atoms with van der Waals surface area (Å²) >= 11 is 1.78. The fourth-order valence-electron chi connectivity index (χ4n) is 3.12. The number of thioether (sulfide) groups is 1. The maximum absolute atomic E-state index is 9.56. The predicted molar refractivity (Wildman–Crippen MR) is 103 cm³/mol. The van der Waals surface area contributed by atoms with Crippen molar-refractivity contribution in [2.24, 2.45) is 0 Å². The summed E-state index contributed by atoms with van der Waals surface area (Å²) in [5.74, 6) is 0.884. The lowest BCUT2D eigenvalue weighted by molar-refractivity contribution is 1.04. The van der Waals surface area contributed by atoms with Crippen molar-refractivity contribution in [1.29, 1.82) is 5.26 Å². The quantitative estimate of drug-likeness (QED) is 0.476. The van der Waals surface area contributed by atoms with Crippen molar-refractivity contribution in [3.8, 4) is 6.07 Å². The number of hydrogen-bond donors (Lipinski definition) is 0. The fraction of sp³-hybridized carbons (Fsp3) is 0.143. The van der Waals surface area contributed by atoms with E-state index in [1.807, 2.05) is 25.1 Å². The molecule has 0 unspecified atom stereocenters. The van der Waals surface area contributed by atoms with E-state index >= 15 is 0 Å². The highest BCUT2D eigenvalue weighted by atomic mass is 32.2. The molecule has 0 N–H and O–H groups in total. The maximum atomic E-state index is 9.56. The molecule has 0 aliphatic carbocycles. The number of benzene rings is 2. The van der Waals surface area contributed by atoms with Crippen LogP contribution in [0.25, 0.3) is 16.7 Å². The van der Waals surface area contributed by atoms with E-state index in [1.54, 1.807) is 11.8 Å². The molecule has 4 heteroatoms. The summed E-state index contributed by atoms with van der Waals surface area (Å²) in [5.41, 5.74) is 6.89. The smallest absolute Gasteiger partial charge is 0.157 e. The number of rotatable bonds is 3. The van der Waals surface area contributed by atoms with Crippen LogP contribution in [0.3, 0.4) is 0 Å². The van der Waals surface area contributed by atoms with Crippen LogP contribution in [0.4, 0.5) is 0 Å². The van der Waals surface area contributed by atoms with Crippen LogP contribution in [0.1, 0.15) is 22.3 Å². The summed E-state index contributed by atoms with van der Waals surface area (Å²) in [6.45, 7) is 4.09. The normalized spacial score (nSPS) is 11.1. The van der Waals surface area contributed by atoms with E-state index < -0.39 is 0 Å². The van der Waals surface area contributed by atoms with Crippen LogP contribution in [0.2, 0.25) is 0 Å². The number of nitrogens with zero attached hydrogens (tertiary/aromatic N) is 3. The Kier molecular flexibility index (Phi) is 3.95. The van der Waals surface area contributed by atoms with Gasteiger partial charge < -0.3 is 0 Å². The molecule has 0 bridgehead atoms. The Bertz CT molecular complexity index is 1140. The van der Waals surface area contributed by atoms with Gasteiger partial charge in [-0.15, -0.1) is 11.8 Å². The van der Waals surface area contributed by atoms with Gasteiger partial charge in [0.2, 0.25) is 0 Å². The van der Waals surface area contributed by atoms with Crippen LogP contribution in [0, 0.1) is 25.2 Å². The van der Waals surface area contributed by atoms with E-state index in [4.69, 9.17) is 4.98 Å². The summed E-state index contributed by atoms with van der Waals surface area (Å²) < 4.78 is 2.11. The van der Waals surface area contributed by atoms with Gasteiger partial charge in [0.15, 0.2) is 5.65 Å². The van der Waals surface area contributed by atoms with Gasteiger partial charge in [-0.3, -0.25) is 4.40 Å². The van der Waals surface area contributed by atoms with Crippen molar-refractivity contribution in [3.63, 3.8) is 0 Å². The summed E-state index contributed by atoms with van der Waals surface area (Å²) in [7, 11) is 0. The van der Waals surface area contributed by atoms with Crippen molar-refractivity contribution in [1.82, 2.24) is 9.38 Å². The molecular formula is C21H17N3S. The van der Waals surface area contributed by atoms with Gasteiger partial charge in [-0.25, -0.2) is 4.98 Å².